The molecule has 0 unspecified atom stereocenters. The molecule has 2 N–H and O–H groups in total. The van der Waals surface area contributed by atoms with E-state index in [1.54, 1.807) is 19.2 Å². The third-order valence-electron chi connectivity index (χ3n) is 3.99. The predicted molar refractivity (Wildman–Crippen MR) is 92.9 cm³/mol. The number of rotatable bonds is 5. The van der Waals surface area contributed by atoms with E-state index in [9.17, 15) is 14.4 Å². The molecule has 0 saturated carbocycles. The maximum Gasteiger partial charge on any atom is 0.329 e. The molecule has 1 heterocycles. The molecule has 1 saturated heterocycles. The average Bonchev–Trinajstić information content (AvgIpc) is 2.88. The Morgan fingerprint density at radius 2 is 1.92 bits per heavy atom. The highest BCUT2D eigenvalue weighted by Gasteiger charge is 2.35. The van der Waals surface area contributed by atoms with Gasteiger partial charge >= 0.3 is 12.0 Å². The van der Waals surface area contributed by atoms with Crippen LogP contribution in [0.1, 0.15) is 5.56 Å². The normalized spacial score (nSPS) is 15.5. The molecule has 3 rings (SSSR count). The summed E-state index contributed by atoms with van der Waals surface area (Å²) in [6.07, 6.45) is 1.47. The van der Waals surface area contributed by atoms with Gasteiger partial charge in [0, 0.05) is 5.56 Å². The molecule has 134 valence electrons. The maximum atomic E-state index is 12.4. The van der Waals surface area contributed by atoms with Gasteiger partial charge in [0.05, 0.1) is 14.2 Å². The molecule has 0 atom stereocenters. The van der Waals surface area contributed by atoms with Gasteiger partial charge in [0.25, 0.3) is 5.91 Å². The van der Waals surface area contributed by atoms with Gasteiger partial charge in [0.15, 0.2) is 0 Å². The Kier molecular flexibility index (Phi) is 4.49. The Morgan fingerprint density at radius 1 is 1.19 bits per heavy atom. The van der Waals surface area contributed by atoms with E-state index in [-0.39, 0.29) is 5.70 Å². The number of carbonyl (C=O) groups is 3. The largest absolute Gasteiger partial charge is 0.497 e. The third-order valence-corrected chi connectivity index (χ3v) is 3.99. The van der Waals surface area contributed by atoms with Crippen molar-refractivity contribution in [1.29, 1.82) is 0 Å². The van der Waals surface area contributed by atoms with Crippen molar-refractivity contribution in [2.75, 3.05) is 20.8 Å². The van der Waals surface area contributed by atoms with Crippen molar-refractivity contribution in [1.82, 2.24) is 10.2 Å². The van der Waals surface area contributed by atoms with Crippen molar-refractivity contribution in [3.8, 4) is 11.5 Å². The van der Waals surface area contributed by atoms with Gasteiger partial charge in [-0.1, -0.05) is 12.1 Å². The number of benzene rings is 2. The number of aliphatic carboxylic acids is 1. The first-order valence-corrected chi connectivity index (χ1v) is 7.65. The summed E-state index contributed by atoms with van der Waals surface area (Å²) in [6, 6.07) is 8.30. The Morgan fingerprint density at radius 3 is 2.58 bits per heavy atom. The van der Waals surface area contributed by atoms with Crippen LogP contribution in [0.5, 0.6) is 11.5 Å². The molecular weight excluding hydrogens is 340 g/mol. The summed E-state index contributed by atoms with van der Waals surface area (Å²) in [6.45, 7) is -0.706. The second-order valence-corrected chi connectivity index (χ2v) is 5.54. The van der Waals surface area contributed by atoms with Gasteiger partial charge in [0.1, 0.15) is 23.7 Å². The number of amides is 3. The van der Waals surface area contributed by atoms with Gasteiger partial charge in [0.2, 0.25) is 0 Å². The molecule has 2 aromatic carbocycles. The summed E-state index contributed by atoms with van der Waals surface area (Å²) >= 11 is 0. The number of methoxy groups -OCH3 is 2. The van der Waals surface area contributed by atoms with Crippen molar-refractivity contribution >= 4 is 34.8 Å². The van der Waals surface area contributed by atoms with E-state index < -0.39 is 24.5 Å². The number of fused-ring (bicyclic) bond motifs is 1. The van der Waals surface area contributed by atoms with E-state index in [0.29, 0.717) is 22.0 Å². The standard InChI is InChI=1S/C18H16N2O6/c1-25-11-5-3-10-4-6-15(26-2)13(12(10)7-11)8-14-17(23)20(9-16(21)22)18(24)19-14/h3-8H,9H2,1-2H3,(H,19,24)(H,21,22)/b14-8+. The zero-order valence-electron chi connectivity index (χ0n) is 14.1. The zero-order chi connectivity index (χ0) is 18.8. The summed E-state index contributed by atoms with van der Waals surface area (Å²) < 4.78 is 10.6. The molecule has 1 aliphatic rings. The fraction of sp³-hybridized carbons (Fsp3) is 0.167. The second-order valence-electron chi connectivity index (χ2n) is 5.54. The monoisotopic (exact) mass is 356 g/mol. The lowest BCUT2D eigenvalue weighted by molar-refractivity contribution is -0.140. The first-order valence-electron chi connectivity index (χ1n) is 7.65. The van der Waals surface area contributed by atoms with Gasteiger partial charge in [-0.05, 0) is 35.0 Å². The van der Waals surface area contributed by atoms with E-state index in [0.717, 1.165) is 10.8 Å². The van der Waals surface area contributed by atoms with E-state index in [2.05, 4.69) is 5.32 Å². The number of carboxylic acid groups (broad SMARTS) is 1. The van der Waals surface area contributed by atoms with Crippen LogP contribution in [-0.2, 0) is 9.59 Å². The highest BCUT2D eigenvalue weighted by Crippen LogP contribution is 2.33. The first kappa shape index (κ1) is 17.3. The molecule has 3 amide bonds. The molecule has 1 aliphatic heterocycles. The molecule has 2 aromatic rings. The van der Waals surface area contributed by atoms with Crippen LogP contribution >= 0.6 is 0 Å². The molecule has 26 heavy (non-hydrogen) atoms. The molecule has 0 aromatic heterocycles. The lowest BCUT2D eigenvalue weighted by Gasteiger charge is -2.11. The number of urea groups is 1. The SMILES string of the molecule is COc1ccc2ccc(OC)c(/C=C3/NC(=O)N(CC(=O)O)C3=O)c2c1. The first-order chi connectivity index (χ1) is 12.4. The highest BCUT2D eigenvalue weighted by atomic mass is 16.5. The van der Waals surface area contributed by atoms with Crippen LogP contribution in [0.15, 0.2) is 36.0 Å². The van der Waals surface area contributed by atoms with Gasteiger partial charge in [-0.25, -0.2) is 9.69 Å². The molecule has 8 nitrogen and oxygen atoms in total. The summed E-state index contributed by atoms with van der Waals surface area (Å²) in [5.41, 5.74) is 0.551. The van der Waals surface area contributed by atoms with Crippen molar-refractivity contribution in [3.63, 3.8) is 0 Å². The van der Waals surface area contributed by atoms with Crippen LogP contribution in [-0.4, -0.2) is 48.7 Å². The van der Waals surface area contributed by atoms with Crippen LogP contribution in [0.4, 0.5) is 4.79 Å². The Labute approximate surface area is 148 Å². The number of imide groups is 1. The second kappa shape index (κ2) is 6.75. The minimum absolute atomic E-state index is 0.0233. The van der Waals surface area contributed by atoms with Crippen LogP contribution in [0.2, 0.25) is 0 Å². The molecule has 1 fully saturated rings. The van der Waals surface area contributed by atoms with E-state index in [4.69, 9.17) is 14.6 Å². The summed E-state index contributed by atoms with van der Waals surface area (Å²) in [7, 11) is 3.04. The topological polar surface area (TPSA) is 105 Å². The summed E-state index contributed by atoms with van der Waals surface area (Å²) in [5.74, 6) is -0.863. The number of hydrogen-bond donors (Lipinski definition) is 2. The number of carboxylic acids is 1. The third kappa shape index (κ3) is 3.04. The minimum atomic E-state index is -1.28. The molecular formula is C18H16N2O6. The molecule has 0 bridgehead atoms. The Balaban J connectivity index is 2.12. The number of carbonyl (C=O) groups excluding carboxylic acids is 2. The van der Waals surface area contributed by atoms with Gasteiger partial charge in [-0.2, -0.15) is 0 Å². The highest BCUT2D eigenvalue weighted by molar-refractivity contribution is 6.16. The Hall–Kier alpha value is -3.55. The lowest BCUT2D eigenvalue weighted by Crippen LogP contribution is -2.35. The predicted octanol–water partition coefficient (Wildman–Crippen LogP) is 1.83. The van der Waals surface area contributed by atoms with Crippen molar-refractivity contribution in [2.24, 2.45) is 0 Å². The fourth-order valence-corrected chi connectivity index (χ4v) is 2.75. The Bertz CT molecular complexity index is 945. The zero-order valence-corrected chi connectivity index (χ0v) is 14.1. The van der Waals surface area contributed by atoms with Gasteiger partial charge in [-0.3, -0.25) is 9.59 Å². The van der Waals surface area contributed by atoms with E-state index in [1.165, 1.54) is 13.2 Å². The van der Waals surface area contributed by atoms with Gasteiger partial charge in [-0.15, -0.1) is 0 Å². The van der Waals surface area contributed by atoms with Gasteiger partial charge < -0.3 is 19.9 Å². The summed E-state index contributed by atoms with van der Waals surface area (Å²) in [5, 5.41) is 12.9. The summed E-state index contributed by atoms with van der Waals surface area (Å²) in [4.78, 5) is 35.7. The van der Waals surface area contributed by atoms with Crippen molar-refractivity contribution in [3.05, 3.63) is 41.6 Å². The van der Waals surface area contributed by atoms with Crippen molar-refractivity contribution in [2.45, 2.75) is 0 Å². The molecule has 0 spiro atoms. The van der Waals surface area contributed by atoms with E-state index >= 15 is 0 Å². The maximum absolute atomic E-state index is 12.4. The number of nitrogens with zero attached hydrogens (tertiary/aromatic N) is 1. The fourth-order valence-electron chi connectivity index (χ4n) is 2.75. The average molecular weight is 356 g/mol. The van der Waals surface area contributed by atoms with Crippen LogP contribution in [0.3, 0.4) is 0 Å². The molecule has 8 heteroatoms. The number of nitrogens with one attached hydrogen (secondary N) is 1. The molecule has 0 radical (unpaired) electrons. The molecule has 0 aliphatic carbocycles. The number of hydrogen-bond acceptors (Lipinski definition) is 5. The quantitative estimate of drug-likeness (QED) is 0.626. The smallest absolute Gasteiger partial charge is 0.329 e. The lowest BCUT2D eigenvalue weighted by atomic mass is 10.0. The van der Waals surface area contributed by atoms with Crippen LogP contribution < -0.4 is 14.8 Å². The van der Waals surface area contributed by atoms with E-state index in [1.807, 2.05) is 18.2 Å². The minimum Gasteiger partial charge on any atom is -0.497 e. The number of ether oxygens (including phenoxy) is 2. The van der Waals surface area contributed by atoms with Crippen LogP contribution in [0, 0.1) is 0 Å². The van der Waals surface area contributed by atoms with Crippen LogP contribution in [0.25, 0.3) is 16.8 Å². The van der Waals surface area contributed by atoms with Crippen molar-refractivity contribution < 1.29 is 29.0 Å².